The first-order valence-electron chi connectivity index (χ1n) is 9.56. The third-order valence-electron chi connectivity index (χ3n) is 5.01. The molecular formula is C20H21ClN2O7S. The van der Waals surface area contributed by atoms with Crippen LogP contribution in [-0.2, 0) is 4.74 Å². The van der Waals surface area contributed by atoms with E-state index in [2.05, 4.69) is 4.99 Å². The van der Waals surface area contributed by atoms with E-state index in [4.69, 9.17) is 23.4 Å². The summed E-state index contributed by atoms with van der Waals surface area (Å²) >= 11 is 1.78. The molecule has 2 aromatic rings. The number of non-ortho nitro benzene ring substituents is 1. The number of para-hydroxylation sites is 1. The molecule has 1 saturated carbocycles. The Morgan fingerprint density at radius 1 is 1.00 bits per heavy atom. The van der Waals surface area contributed by atoms with Crippen molar-refractivity contribution < 1.29 is 43.5 Å². The topological polar surface area (TPSA) is 159 Å². The molecule has 0 radical (unpaired) electrons. The molecule has 2 aromatic carbocycles. The lowest BCUT2D eigenvalue weighted by Gasteiger charge is -2.30. The number of halogens is 1. The first-order valence-corrected chi connectivity index (χ1v) is 11.7. The fraction of sp³-hybridized carbons (Fsp3) is 0.350. The molecule has 31 heavy (non-hydrogen) atoms. The molecule has 0 amide bonds. The van der Waals surface area contributed by atoms with Gasteiger partial charge < -0.3 is 4.74 Å². The Morgan fingerprint density at radius 2 is 1.65 bits per heavy atom. The molecule has 3 unspecified atom stereocenters. The van der Waals surface area contributed by atoms with Crippen molar-refractivity contribution in [1.82, 2.24) is 0 Å². The van der Waals surface area contributed by atoms with Crippen molar-refractivity contribution in [3.8, 4) is 0 Å². The number of nitro benzene ring substituents is 1. The van der Waals surface area contributed by atoms with Gasteiger partial charge in [-0.3, -0.25) is 10.1 Å². The molecule has 2 aliphatic rings. The quantitative estimate of drug-likeness (QED) is 0.428. The van der Waals surface area contributed by atoms with Crippen LogP contribution >= 0.6 is 11.8 Å². The highest BCUT2D eigenvalue weighted by molar-refractivity contribution is 8.00. The number of hydrogen-bond donors (Lipinski definition) is 1. The summed E-state index contributed by atoms with van der Waals surface area (Å²) in [6.07, 6.45) is 4.67. The van der Waals surface area contributed by atoms with Gasteiger partial charge in [0, 0.05) is 40.3 Å². The lowest BCUT2D eigenvalue weighted by atomic mass is 9.86. The van der Waals surface area contributed by atoms with Gasteiger partial charge in [0.15, 0.2) is 0 Å². The number of ether oxygens (including phenoxy) is 1. The van der Waals surface area contributed by atoms with Gasteiger partial charge in [0.25, 0.3) is 5.69 Å². The predicted molar refractivity (Wildman–Crippen MR) is 102 cm³/mol. The Kier molecular flexibility index (Phi) is 7.87. The van der Waals surface area contributed by atoms with E-state index in [0.717, 1.165) is 29.3 Å². The Balaban J connectivity index is 0.000000491. The monoisotopic (exact) mass is 468 g/mol. The minimum Gasteiger partial charge on any atom is -0.443 e. The van der Waals surface area contributed by atoms with Crippen LogP contribution in [0.3, 0.4) is 0 Å². The van der Waals surface area contributed by atoms with Crippen LogP contribution in [0.2, 0.25) is 0 Å². The summed E-state index contributed by atoms with van der Waals surface area (Å²) in [7, 11) is -4.94. The second-order valence-corrected chi connectivity index (χ2v) is 9.25. The molecule has 1 saturated heterocycles. The van der Waals surface area contributed by atoms with Gasteiger partial charge >= 0.3 is 5.90 Å². The van der Waals surface area contributed by atoms with E-state index in [9.17, 15) is 10.1 Å². The van der Waals surface area contributed by atoms with Crippen LogP contribution in [0.25, 0.3) is 0 Å². The molecule has 9 nitrogen and oxygen atoms in total. The van der Waals surface area contributed by atoms with Gasteiger partial charge in [0.05, 0.1) is 11.3 Å². The second-order valence-electron chi connectivity index (χ2n) is 7.18. The molecule has 11 heteroatoms. The predicted octanol–water partition coefficient (Wildman–Crippen LogP) is -1.30. The van der Waals surface area contributed by atoms with Crippen LogP contribution in [0.4, 0.5) is 11.4 Å². The van der Waals surface area contributed by atoms with E-state index in [1.165, 1.54) is 12.8 Å². The fourth-order valence-electron chi connectivity index (χ4n) is 3.76. The van der Waals surface area contributed by atoms with Gasteiger partial charge in [-0.25, -0.2) is 18.6 Å². The number of benzene rings is 2. The molecule has 1 N–H and O–H groups in total. The van der Waals surface area contributed by atoms with Gasteiger partial charge in [-0.05, 0) is 25.0 Å². The van der Waals surface area contributed by atoms with Crippen LogP contribution in [0.5, 0.6) is 0 Å². The minimum atomic E-state index is -4.94. The van der Waals surface area contributed by atoms with E-state index >= 15 is 0 Å². The van der Waals surface area contributed by atoms with Crippen molar-refractivity contribution in [2.45, 2.75) is 41.9 Å². The third kappa shape index (κ3) is 7.46. The molecule has 1 aliphatic heterocycles. The van der Waals surface area contributed by atoms with Crippen molar-refractivity contribution >= 4 is 29.0 Å². The number of nitrogens with zero attached hydrogens (tertiary/aromatic N) is 1. The van der Waals surface area contributed by atoms with E-state index in [0.29, 0.717) is 11.2 Å². The summed E-state index contributed by atoms with van der Waals surface area (Å²) < 4.78 is 40.3. The van der Waals surface area contributed by atoms with Gasteiger partial charge in [-0.15, -0.1) is 22.0 Å². The van der Waals surface area contributed by atoms with Gasteiger partial charge in [-0.1, -0.05) is 24.6 Å². The van der Waals surface area contributed by atoms with E-state index < -0.39 is 10.2 Å². The highest BCUT2D eigenvalue weighted by atomic mass is 35.7. The third-order valence-corrected chi connectivity index (χ3v) is 6.36. The second kappa shape index (κ2) is 10.4. The minimum absolute atomic E-state index is 0.135. The van der Waals surface area contributed by atoms with Crippen LogP contribution < -0.4 is 23.6 Å². The van der Waals surface area contributed by atoms with E-state index in [1.807, 2.05) is 42.5 Å². The highest BCUT2D eigenvalue weighted by Gasteiger charge is 2.44. The fourth-order valence-corrected chi connectivity index (χ4v) is 5.10. The number of fused-ring (bicyclic) bond motifs is 1. The number of hydrogen-bond acceptors (Lipinski definition) is 8. The lowest BCUT2D eigenvalue weighted by Crippen LogP contribution is -2.68. The first-order chi connectivity index (χ1) is 14.7. The zero-order valence-electron chi connectivity index (χ0n) is 16.3. The molecule has 1 aliphatic carbocycles. The Hall–Kier alpha value is -2.21. The maximum absolute atomic E-state index is 10.8. The number of thioether (sulfide) groups is 1. The maximum Gasteiger partial charge on any atom is 0.341 e. The van der Waals surface area contributed by atoms with Gasteiger partial charge in [-0.2, -0.15) is 4.99 Å². The van der Waals surface area contributed by atoms with Crippen molar-refractivity contribution in [3.05, 3.63) is 64.7 Å². The zero-order valence-corrected chi connectivity index (χ0v) is 17.9. The number of nitrogens with one attached hydrogen (secondary N) is 1. The Bertz CT molecular complexity index is 900. The summed E-state index contributed by atoms with van der Waals surface area (Å²) in [6.45, 7) is 0. The van der Waals surface area contributed by atoms with E-state index in [1.54, 1.807) is 23.9 Å². The summed E-state index contributed by atoms with van der Waals surface area (Å²) in [5, 5.41) is 11.2. The van der Waals surface area contributed by atoms with Crippen LogP contribution in [0.1, 0.15) is 25.7 Å². The Labute approximate surface area is 185 Å². The maximum atomic E-state index is 10.8. The molecule has 2 fully saturated rings. The first kappa shape index (κ1) is 23.5. The molecule has 0 spiro atoms. The van der Waals surface area contributed by atoms with E-state index in [-0.39, 0.29) is 16.7 Å². The van der Waals surface area contributed by atoms with Crippen molar-refractivity contribution in [2.75, 3.05) is 0 Å². The lowest BCUT2D eigenvalue weighted by molar-refractivity contribution is -2.00. The van der Waals surface area contributed by atoms with Crippen LogP contribution in [-0.4, -0.2) is 22.2 Å². The SMILES string of the molecule is O=[N+]([O-])c1ccc(SC2CCCC3CC(=[NH+]c4ccccc4)OC32)cc1.[O-][Cl+3]([O-])([O-])[O-]. The summed E-state index contributed by atoms with van der Waals surface area (Å²) in [6, 6.07) is 16.9. The van der Waals surface area contributed by atoms with Crippen LogP contribution in [0.15, 0.2) is 59.5 Å². The van der Waals surface area contributed by atoms with Crippen molar-refractivity contribution in [1.29, 1.82) is 0 Å². The molecule has 0 bridgehead atoms. The summed E-state index contributed by atoms with van der Waals surface area (Å²) in [4.78, 5) is 14.9. The normalized spacial score (nSPS) is 24.0. The largest absolute Gasteiger partial charge is 0.443 e. The number of nitro groups is 1. The molecular weight excluding hydrogens is 448 g/mol. The van der Waals surface area contributed by atoms with Gasteiger partial charge in [0.1, 0.15) is 6.10 Å². The average Bonchev–Trinajstić information content (AvgIpc) is 3.11. The highest BCUT2D eigenvalue weighted by Crippen LogP contribution is 2.42. The molecule has 0 aromatic heterocycles. The molecule has 166 valence electrons. The van der Waals surface area contributed by atoms with Crippen LogP contribution in [0, 0.1) is 26.3 Å². The molecule has 1 heterocycles. The standard InChI is InChI=1S/C20H20N2O3S.ClHO4/c23-22(24)16-9-11-17(12-10-16)26-18-8-4-5-14-13-19(25-20(14)18)21-15-6-2-1-3-7-15;2-1(3,4)5/h1-3,6-7,9-12,14,18,20H,4-5,8,13H2;(H,2,3,4,5). The molecule has 4 rings (SSSR count). The van der Waals surface area contributed by atoms with Crippen molar-refractivity contribution in [3.63, 3.8) is 0 Å². The average molecular weight is 469 g/mol. The smallest absolute Gasteiger partial charge is 0.341 e. The number of rotatable bonds is 4. The summed E-state index contributed by atoms with van der Waals surface area (Å²) in [5.41, 5.74) is 1.19. The van der Waals surface area contributed by atoms with Gasteiger partial charge in [0.2, 0.25) is 5.69 Å². The zero-order chi connectivity index (χ0) is 22.4. The molecule has 3 atom stereocenters. The van der Waals surface area contributed by atoms with Crippen molar-refractivity contribution in [2.24, 2.45) is 5.92 Å². The Morgan fingerprint density at radius 3 is 2.26 bits per heavy atom. The summed E-state index contributed by atoms with van der Waals surface area (Å²) in [5.74, 6) is 1.51.